The van der Waals surface area contributed by atoms with Crippen molar-refractivity contribution in [2.24, 2.45) is 0 Å². The Labute approximate surface area is 82.9 Å². The van der Waals surface area contributed by atoms with E-state index in [1.165, 1.54) is 0 Å². The van der Waals surface area contributed by atoms with Crippen molar-refractivity contribution in [3.05, 3.63) is 49.2 Å². The molecule has 2 rings (SSSR count). The number of nitrogens with zero attached hydrogens (tertiary/aromatic N) is 1. The van der Waals surface area contributed by atoms with Crippen LogP contribution in [-0.4, -0.2) is 11.6 Å². The Hall–Kier alpha value is -1.83. The summed E-state index contributed by atoms with van der Waals surface area (Å²) in [6.07, 6.45) is 3.45. The molecule has 0 saturated heterocycles. The van der Waals surface area contributed by atoms with Crippen molar-refractivity contribution in [2.75, 3.05) is 6.61 Å². The molecule has 2 aromatic rings. The second kappa shape index (κ2) is 3.92. The molecule has 2 nitrogen and oxygen atoms in total. The van der Waals surface area contributed by atoms with Crippen molar-refractivity contribution in [1.29, 1.82) is 0 Å². The molecular formula is C12H11NO. The van der Waals surface area contributed by atoms with Gasteiger partial charge in [-0.05, 0) is 12.1 Å². The summed E-state index contributed by atoms with van der Waals surface area (Å²) in [6.45, 7) is 4.11. The summed E-state index contributed by atoms with van der Waals surface area (Å²) in [5.41, 5.74) is 0.985. The molecule has 0 saturated carbocycles. The average molecular weight is 185 g/mol. The van der Waals surface area contributed by atoms with Crippen LogP contribution in [0.3, 0.4) is 0 Å². The molecule has 14 heavy (non-hydrogen) atoms. The van der Waals surface area contributed by atoms with Crippen LogP contribution in [0.4, 0.5) is 0 Å². The van der Waals surface area contributed by atoms with Crippen LogP contribution in [0.15, 0.2) is 49.2 Å². The zero-order valence-corrected chi connectivity index (χ0v) is 7.81. The first-order valence-corrected chi connectivity index (χ1v) is 4.48. The topological polar surface area (TPSA) is 22.1 Å². The Morgan fingerprint density at radius 1 is 1.36 bits per heavy atom. The molecule has 0 unspecified atom stereocenters. The first kappa shape index (κ1) is 8.75. The van der Waals surface area contributed by atoms with Crippen molar-refractivity contribution in [2.45, 2.75) is 0 Å². The normalized spacial score (nSPS) is 10.0. The molecule has 70 valence electrons. The molecule has 0 amide bonds. The quantitative estimate of drug-likeness (QED) is 0.686. The zero-order valence-electron chi connectivity index (χ0n) is 7.81. The van der Waals surface area contributed by atoms with E-state index in [1.807, 2.05) is 30.3 Å². The molecule has 0 aliphatic carbocycles. The highest BCUT2D eigenvalue weighted by atomic mass is 16.5. The van der Waals surface area contributed by atoms with Crippen molar-refractivity contribution >= 4 is 10.9 Å². The third-order valence-corrected chi connectivity index (χ3v) is 1.93. The second-order valence-corrected chi connectivity index (χ2v) is 2.96. The van der Waals surface area contributed by atoms with Gasteiger partial charge in [0.1, 0.15) is 12.4 Å². The van der Waals surface area contributed by atoms with E-state index in [1.54, 1.807) is 12.3 Å². The van der Waals surface area contributed by atoms with Crippen LogP contribution in [0.25, 0.3) is 10.9 Å². The van der Waals surface area contributed by atoms with Gasteiger partial charge in [-0.3, -0.25) is 4.98 Å². The van der Waals surface area contributed by atoms with Crippen molar-refractivity contribution < 1.29 is 4.74 Å². The molecule has 2 heteroatoms. The Bertz CT molecular complexity index is 451. The van der Waals surface area contributed by atoms with Crippen LogP contribution >= 0.6 is 0 Å². The van der Waals surface area contributed by atoms with Crippen LogP contribution in [0.1, 0.15) is 0 Å². The minimum Gasteiger partial charge on any atom is -0.488 e. The van der Waals surface area contributed by atoms with E-state index in [9.17, 15) is 0 Å². The monoisotopic (exact) mass is 185 g/mol. The number of benzene rings is 1. The third kappa shape index (κ3) is 1.74. The number of rotatable bonds is 3. The van der Waals surface area contributed by atoms with Crippen molar-refractivity contribution in [3.8, 4) is 5.75 Å². The number of hydrogen-bond acceptors (Lipinski definition) is 2. The molecule has 1 aromatic carbocycles. The van der Waals surface area contributed by atoms with Gasteiger partial charge in [-0.2, -0.15) is 0 Å². The first-order valence-electron chi connectivity index (χ1n) is 4.48. The van der Waals surface area contributed by atoms with Gasteiger partial charge in [0.25, 0.3) is 0 Å². The van der Waals surface area contributed by atoms with Crippen LogP contribution in [0.2, 0.25) is 0 Å². The van der Waals surface area contributed by atoms with E-state index >= 15 is 0 Å². The summed E-state index contributed by atoms with van der Waals surface area (Å²) < 4.78 is 5.38. The maximum absolute atomic E-state index is 5.38. The Kier molecular flexibility index (Phi) is 2.45. The Morgan fingerprint density at radius 3 is 3.07 bits per heavy atom. The van der Waals surface area contributed by atoms with E-state index in [4.69, 9.17) is 4.74 Å². The Morgan fingerprint density at radius 2 is 2.21 bits per heavy atom. The number of aromatic nitrogens is 1. The first-order chi connectivity index (χ1) is 6.90. The summed E-state index contributed by atoms with van der Waals surface area (Å²) >= 11 is 0. The summed E-state index contributed by atoms with van der Waals surface area (Å²) in [5.74, 6) is 0.781. The maximum Gasteiger partial charge on any atom is 0.138 e. The van der Waals surface area contributed by atoms with Gasteiger partial charge in [-0.1, -0.05) is 30.9 Å². The molecule has 0 fully saturated rings. The molecule has 1 heterocycles. The highest BCUT2D eigenvalue weighted by Crippen LogP contribution is 2.17. The lowest BCUT2D eigenvalue weighted by atomic mass is 10.2. The van der Waals surface area contributed by atoms with Gasteiger partial charge in [0.15, 0.2) is 0 Å². The van der Waals surface area contributed by atoms with Crippen LogP contribution < -0.4 is 4.74 Å². The summed E-state index contributed by atoms with van der Waals surface area (Å²) in [4.78, 5) is 4.27. The lowest BCUT2D eigenvalue weighted by Crippen LogP contribution is -1.93. The molecule has 0 radical (unpaired) electrons. The fourth-order valence-electron chi connectivity index (χ4n) is 1.28. The fourth-order valence-corrected chi connectivity index (χ4v) is 1.28. The van der Waals surface area contributed by atoms with E-state index in [0.717, 1.165) is 16.7 Å². The standard InChI is InChI=1S/C12H11NO/c1-2-7-14-11-8-10-5-3-4-6-12(10)13-9-11/h2-6,8-9H,1,7H2. The summed E-state index contributed by atoms with van der Waals surface area (Å²) in [5, 5.41) is 1.09. The minimum atomic E-state index is 0.514. The van der Waals surface area contributed by atoms with Gasteiger partial charge >= 0.3 is 0 Å². The number of pyridine rings is 1. The van der Waals surface area contributed by atoms with Crippen LogP contribution in [0.5, 0.6) is 5.75 Å². The molecular weight excluding hydrogens is 174 g/mol. The number of hydrogen-bond donors (Lipinski definition) is 0. The fraction of sp³-hybridized carbons (Fsp3) is 0.0833. The molecule has 0 spiro atoms. The van der Waals surface area contributed by atoms with Gasteiger partial charge in [0, 0.05) is 5.39 Å². The molecule has 0 aliphatic rings. The number of ether oxygens (including phenoxy) is 1. The van der Waals surface area contributed by atoms with E-state index in [2.05, 4.69) is 11.6 Å². The predicted molar refractivity (Wildman–Crippen MR) is 57.4 cm³/mol. The lowest BCUT2D eigenvalue weighted by Gasteiger charge is -2.03. The van der Waals surface area contributed by atoms with Gasteiger partial charge in [0.2, 0.25) is 0 Å². The largest absolute Gasteiger partial charge is 0.488 e. The second-order valence-electron chi connectivity index (χ2n) is 2.96. The SMILES string of the molecule is C=CCOc1cnc2ccccc2c1. The van der Waals surface area contributed by atoms with E-state index < -0.39 is 0 Å². The van der Waals surface area contributed by atoms with E-state index in [0.29, 0.717) is 6.61 Å². The maximum atomic E-state index is 5.38. The minimum absolute atomic E-state index is 0.514. The lowest BCUT2D eigenvalue weighted by molar-refractivity contribution is 0.362. The molecule has 0 atom stereocenters. The van der Waals surface area contributed by atoms with Crippen LogP contribution in [-0.2, 0) is 0 Å². The van der Waals surface area contributed by atoms with Gasteiger partial charge in [0.05, 0.1) is 11.7 Å². The molecule has 0 bridgehead atoms. The average Bonchev–Trinajstić information content (AvgIpc) is 2.26. The zero-order chi connectivity index (χ0) is 9.80. The summed E-state index contributed by atoms with van der Waals surface area (Å²) in [6, 6.07) is 9.93. The number of para-hydroxylation sites is 1. The van der Waals surface area contributed by atoms with Crippen LogP contribution in [0, 0.1) is 0 Å². The van der Waals surface area contributed by atoms with E-state index in [-0.39, 0.29) is 0 Å². The highest BCUT2D eigenvalue weighted by molar-refractivity contribution is 5.79. The highest BCUT2D eigenvalue weighted by Gasteiger charge is 1.96. The Balaban J connectivity index is 2.36. The third-order valence-electron chi connectivity index (χ3n) is 1.93. The summed E-state index contributed by atoms with van der Waals surface area (Å²) in [7, 11) is 0. The predicted octanol–water partition coefficient (Wildman–Crippen LogP) is 2.80. The van der Waals surface area contributed by atoms with Gasteiger partial charge in [-0.15, -0.1) is 0 Å². The van der Waals surface area contributed by atoms with Crippen molar-refractivity contribution in [1.82, 2.24) is 4.98 Å². The number of fused-ring (bicyclic) bond motifs is 1. The van der Waals surface area contributed by atoms with Crippen molar-refractivity contribution in [3.63, 3.8) is 0 Å². The molecule has 1 aromatic heterocycles. The smallest absolute Gasteiger partial charge is 0.138 e. The van der Waals surface area contributed by atoms with Gasteiger partial charge in [-0.25, -0.2) is 0 Å². The van der Waals surface area contributed by atoms with Gasteiger partial charge < -0.3 is 4.74 Å². The molecule has 0 N–H and O–H groups in total. The molecule has 0 aliphatic heterocycles.